The van der Waals surface area contributed by atoms with E-state index in [0.717, 1.165) is 39.5 Å². The summed E-state index contributed by atoms with van der Waals surface area (Å²) in [5.74, 6) is -0.0986. The van der Waals surface area contributed by atoms with E-state index < -0.39 is 5.97 Å². The van der Waals surface area contributed by atoms with Crippen LogP contribution >= 0.6 is 11.3 Å². The molecule has 5 nitrogen and oxygen atoms in total. The fourth-order valence-electron chi connectivity index (χ4n) is 2.57. The van der Waals surface area contributed by atoms with Gasteiger partial charge in [0.2, 0.25) is 0 Å². The Labute approximate surface area is 155 Å². The largest absolute Gasteiger partial charge is 0.487 e. The molecule has 6 heteroatoms. The summed E-state index contributed by atoms with van der Waals surface area (Å²) < 4.78 is 5.94. The molecule has 1 aromatic carbocycles. The van der Waals surface area contributed by atoms with Crippen LogP contribution in [0.15, 0.2) is 42.7 Å². The number of rotatable bonds is 6. The van der Waals surface area contributed by atoms with Gasteiger partial charge in [-0.05, 0) is 60.9 Å². The number of nitrogens with zero attached hydrogens (tertiary/aromatic N) is 2. The van der Waals surface area contributed by atoms with Crippen molar-refractivity contribution in [2.75, 3.05) is 0 Å². The van der Waals surface area contributed by atoms with E-state index in [4.69, 9.17) is 9.84 Å². The van der Waals surface area contributed by atoms with E-state index in [2.05, 4.69) is 9.97 Å². The fraction of sp³-hybridized carbons (Fsp3) is 0.150. The van der Waals surface area contributed by atoms with Gasteiger partial charge in [0.05, 0.1) is 11.9 Å². The summed E-state index contributed by atoms with van der Waals surface area (Å²) in [6, 6.07) is 9.81. The molecular weight excluding hydrogens is 348 g/mol. The molecule has 0 amide bonds. The zero-order chi connectivity index (χ0) is 18.5. The lowest BCUT2D eigenvalue weighted by atomic mass is 10.1. The van der Waals surface area contributed by atoms with Gasteiger partial charge in [0.15, 0.2) is 0 Å². The third kappa shape index (κ3) is 4.34. The van der Waals surface area contributed by atoms with Crippen LogP contribution in [0.1, 0.15) is 37.1 Å². The third-order valence-corrected chi connectivity index (χ3v) is 4.68. The molecule has 0 atom stereocenters. The Morgan fingerprint density at radius 2 is 1.96 bits per heavy atom. The average Bonchev–Trinajstić information content (AvgIpc) is 3.09. The first kappa shape index (κ1) is 17.8. The first-order chi connectivity index (χ1) is 12.5. The summed E-state index contributed by atoms with van der Waals surface area (Å²) in [6.45, 7) is 4.43. The number of aromatic nitrogens is 2. The number of aromatic carboxylic acids is 1. The van der Waals surface area contributed by atoms with E-state index in [9.17, 15) is 4.79 Å². The van der Waals surface area contributed by atoms with Crippen molar-refractivity contribution in [1.29, 1.82) is 0 Å². The number of hydrogen-bond donors (Lipinski definition) is 1. The van der Waals surface area contributed by atoms with Crippen LogP contribution in [0.2, 0.25) is 0 Å². The lowest BCUT2D eigenvalue weighted by Gasteiger charge is -2.13. The van der Waals surface area contributed by atoms with E-state index in [1.165, 1.54) is 6.20 Å². The van der Waals surface area contributed by atoms with Crippen LogP contribution in [0.3, 0.4) is 0 Å². The molecule has 2 heterocycles. The van der Waals surface area contributed by atoms with Crippen LogP contribution in [0.25, 0.3) is 12.2 Å². The van der Waals surface area contributed by atoms with E-state index >= 15 is 0 Å². The van der Waals surface area contributed by atoms with E-state index in [1.807, 2.05) is 56.3 Å². The second kappa shape index (κ2) is 7.93. The highest BCUT2D eigenvalue weighted by Gasteiger charge is 2.08. The molecule has 0 aliphatic heterocycles. The smallest absolute Gasteiger partial charge is 0.347 e. The number of carboxylic acid groups (broad SMARTS) is 1. The molecular formula is C20H18N2O3S. The maximum atomic E-state index is 10.9. The van der Waals surface area contributed by atoms with Crippen molar-refractivity contribution < 1.29 is 14.6 Å². The summed E-state index contributed by atoms with van der Waals surface area (Å²) in [6.07, 6.45) is 6.87. The van der Waals surface area contributed by atoms with Crippen molar-refractivity contribution >= 4 is 29.5 Å². The fourth-order valence-corrected chi connectivity index (χ4v) is 3.23. The molecule has 1 N–H and O–H groups in total. The Hall–Kier alpha value is -2.99. The highest BCUT2D eigenvalue weighted by molar-refractivity contribution is 7.14. The summed E-state index contributed by atoms with van der Waals surface area (Å²) in [4.78, 5) is 19.5. The molecule has 132 valence electrons. The van der Waals surface area contributed by atoms with Gasteiger partial charge in [0.1, 0.15) is 22.2 Å². The molecule has 0 saturated carbocycles. The van der Waals surface area contributed by atoms with Crippen molar-refractivity contribution in [3.63, 3.8) is 0 Å². The zero-order valence-corrected chi connectivity index (χ0v) is 15.3. The first-order valence-corrected chi connectivity index (χ1v) is 8.86. The minimum atomic E-state index is -0.955. The minimum absolute atomic E-state index is 0.232. The quantitative estimate of drug-likeness (QED) is 0.690. The maximum absolute atomic E-state index is 10.9. The summed E-state index contributed by atoms with van der Waals surface area (Å²) in [5.41, 5.74) is 3.96. The Morgan fingerprint density at radius 1 is 1.19 bits per heavy atom. The SMILES string of the molecule is Cc1cc(/C=C/c2ncc(C(=O)O)s2)cc(C)c1OCc1ccccn1. The highest BCUT2D eigenvalue weighted by atomic mass is 32.1. The predicted molar refractivity (Wildman–Crippen MR) is 102 cm³/mol. The van der Waals surface area contributed by atoms with Crippen LogP contribution in [0, 0.1) is 13.8 Å². The standard InChI is InChI=1S/C20H18N2O3S/c1-13-9-15(6-7-18-22-11-17(26-18)20(23)24)10-14(2)19(13)25-12-16-5-3-4-8-21-16/h3-11H,12H2,1-2H3,(H,23,24)/b7-6+. The Balaban J connectivity index is 1.73. The molecule has 0 aliphatic carbocycles. The molecule has 0 unspecified atom stereocenters. The number of hydrogen-bond acceptors (Lipinski definition) is 5. The van der Waals surface area contributed by atoms with Crippen molar-refractivity contribution in [2.24, 2.45) is 0 Å². The minimum Gasteiger partial charge on any atom is -0.487 e. The lowest BCUT2D eigenvalue weighted by molar-refractivity contribution is 0.0702. The van der Waals surface area contributed by atoms with Crippen molar-refractivity contribution in [3.8, 4) is 5.75 Å². The topological polar surface area (TPSA) is 72.3 Å². The zero-order valence-electron chi connectivity index (χ0n) is 14.5. The Morgan fingerprint density at radius 3 is 2.58 bits per heavy atom. The summed E-state index contributed by atoms with van der Waals surface area (Å²) >= 11 is 1.15. The van der Waals surface area contributed by atoms with Crippen LogP contribution in [0.4, 0.5) is 0 Å². The van der Waals surface area contributed by atoms with Crippen LogP contribution in [-0.4, -0.2) is 21.0 Å². The van der Waals surface area contributed by atoms with Crippen LogP contribution in [0.5, 0.6) is 5.75 Å². The van der Waals surface area contributed by atoms with Gasteiger partial charge < -0.3 is 9.84 Å². The van der Waals surface area contributed by atoms with Crippen molar-refractivity contribution in [2.45, 2.75) is 20.5 Å². The van der Waals surface area contributed by atoms with E-state index in [0.29, 0.717) is 11.6 Å². The van der Waals surface area contributed by atoms with Gasteiger partial charge in [-0.15, -0.1) is 11.3 Å². The Kier molecular flexibility index (Phi) is 5.43. The number of carboxylic acids is 1. The van der Waals surface area contributed by atoms with E-state index in [-0.39, 0.29) is 4.88 Å². The summed E-state index contributed by atoms with van der Waals surface area (Å²) in [5, 5.41) is 9.61. The van der Waals surface area contributed by atoms with Crippen molar-refractivity contribution in [1.82, 2.24) is 9.97 Å². The maximum Gasteiger partial charge on any atom is 0.347 e. The molecule has 3 aromatic rings. The van der Waals surface area contributed by atoms with Gasteiger partial charge in [-0.3, -0.25) is 4.98 Å². The number of thiazole rings is 1. The van der Waals surface area contributed by atoms with Gasteiger partial charge >= 0.3 is 5.97 Å². The molecule has 3 rings (SSSR count). The van der Waals surface area contributed by atoms with Gasteiger partial charge in [-0.2, -0.15) is 0 Å². The molecule has 0 radical (unpaired) electrons. The first-order valence-electron chi connectivity index (χ1n) is 8.04. The number of benzene rings is 1. The van der Waals surface area contributed by atoms with Gasteiger partial charge in [-0.25, -0.2) is 9.78 Å². The molecule has 0 fully saturated rings. The molecule has 0 bridgehead atoms. The van der Waals surface area contributed by atoms with Gasteiger partial charge in [0.25, 0.3) is 0 Å². The molecule has 0 saturated heterocycles. The van der Waals surface area contributed by atoms with Crippen LogP contribution in [-0.2, 0) is 6.61 Å². The molecule has 2 aromatic heterocycles. The van der Waals surface area contributed by atoms with Crippen molar-refractivity contribution in [3.05, 3.63) is 75.0 Å². The Bertz CT molecular complexity index is 926. The third-order valence-electron chi connectivity index (χ3n) is 3.73. The monoisotopic (exact) mass is 366 g/mol. The predicted octanol–water partition coefficient (Wildman–Crippen LogP) is 4.60. The second-order valence-corrected chi connectivity index (χ2v) is 6.86. The van der Waals surface area contributed by atoms with Crippen LogP contribution < -0.4 is 4.74 Å². The number of aryl methyl sites for hydroxylation is 2. The van der Waals surface area contributed by atoms with Gasteiger partial charge in [0, 0.05) is 6.20 Å². The summed E-state index contributed by atoms with van der Waals surface area (Å²) in [7, 11) is 0. The molecule has 0 aliphatic rings. The van der Waals surface area contributed by atoms with Gasteiger partial charge in [-0.1, -0.05) is 12.1 Å². The average molecular weight is 366 g/mol. The number of pyridine rings is 1. The molecule has 26 heavy (non-hydrogen) atoms. The molecule has 0 spiro atoms. The number of carbonyl (C=O) groups is 1. The number of ether oxygens (including phenoxy) is 1. The normalized spacial score (nSPS) is 11.0. The second-order valence-electron chi connectivity index (χ2n) is 5.79. The van der Waals surface area contributed by atoms with E-state index in [1.54, 1.807) is 6.20 Å². The lowest BCUT2D eigenvalue weighted by Crippen LogP contribution is -2.01. The highest BCUT2D eigenvalue weighted by Crippen LogP contribution is 2.27.